The lowest BCUT2D eigenvalue weighted by Gasteiger charge is -2.09. The lowest BCUT2D eigenvalue weighted by molar-refractivity contribution is 0.306. The topological polar surface area (TPSA) is 9.23 Å². The maximum atomic E-state index is 5.70. The molecule has 0 radical (unpaired) electrons. The molecule has 20 heavy (non-hydrogen) atoms. The van der Waals surface area contributed by atoms with E-state index in [4.69, 9.17) is 4.74 Å². The summed E-state index contributed by atoms with van der Waals surface area (Å²) in [5.41, 5.74) is 2.69. The number of rotatable bonds is 8. The predicted molar refractivity (Wildman–Crippen MR) is 87.5 cm³/mol. The van der Waals surface area contributed by atoms with Crippen LogP contribution < -0.4 is 0 Å². The van der Waals surface area contributed by atoms with Gasteiger partial charge in [-0.2, -0.15) is 0 Å². The summed E-state index contributed by atoms with van der Waals surface area (Å²) in [5.74, 6) is 1.59. The maximum absolute atomic E-state index is 5.70. The van der Waals surface area contributed by atoms with Crippen molar-refractivity contribution in [3.63, 3.8) is 0 Å². The third-order valence-electron chi connectivity index (χ3n) is 3.07. The largest absolute Gasteiger partial charge is 0.463 e. The molecule has 0 heterocycles. The summed E-state index contributed by atoms with van der Waals surface area (Å²) in [5, 5.41) is 0. The molecule has 0 saturated carbocycles. The van der Waals surface area contributed by atoms with E-state index < -0.39 is 0 Å². The molecule has 0 unspecified atom stereocenters. The third-order valence-corrected chi connectivity index (χ3v) is 3.07. The van der Waals surface area contributed by atoms with Crippen molar-refractivity contribution in [1.29, 1.82) is 0 Å². The van der Waals surface area contributed by atoms with Gasteiger partial charge in [0, 0.05) is 6.42 Å². The van der Waals surface area contributed by atoms with Crippen LogP contribution in [0.1, 0.15) is 31.4 Å². The van der Waals surface area contributed by atoms with Gasteiger partial charge in [0.15, 0.2) is 0 Å². The van der Waals surface area contributed by atoms with E-state index in [1.54, 1.807) is 6.08 Å². The summed E-state index contributed by atoms with van der Waals surface area (Å²) >= 11 is 0. The molecule has 0 aromatic heterocycles. The number of aryl methyl sites for hydroxylation is 2. The van der Waals surface area contributed by atoms with Gasteiger partial charge in [-0.15, -0.1) is 0 Å². The molecule has 1 heteroatoms. The molecule has 106 valence electrons. The van der Waals surface area contributed by atoms with Gasteiger partial charge in [0.1, 0.15) is 5.76 Å². The van der Waals surface area contributed by atoms with Crippen molar-refractivity contribution >= 4 is 0 Å². The standard InChI is InChI=1S/C19H24O/c1-5-8-9-19(7-3)20-16(4)10-11-18-14-12-17(6-2)13-15-18/h5,7-9,12-15H,1,4,6,10-11H2,2-3H3. The average Bonchev–Trinajstić information content (AvgIpc) is 2.49. The molecular formula is C19H24O. The molecule has 1 nitrogen and oxygen atoms in total. The Bertz CT molecular complexity index is 489. The van der Waals surface area contributed by atoms with Gasteiger partial charge in [0.2, 0.25) is 0 Å². The van der Waals surface area contributed by atoms with Crippen LogP contribution in [0.2, 0.25) is 0 Å². The molecule has 1 aromatic carbocycles. The molecule has 0 bridgehead atoms. The van der Waals surface area contributed by atoms with Gasteiger partial charge < -0.3 is 4.74 Å². The summed E-state index contributed by atoms with van der Waals surface area (Å²) in [6.07, 6.45) is 10.2. The molecule has 0 spiro atoms. The van der Waals surface area contributed by atoms with Crippen LogP contribution in [-0.4, -0.2) is 0 Å². The van der Waals surface area contributed by atoms with E-state index in [-0.39, 0.29) is 0 Å². The van der Waals surface area contributed by atoms with Gasteiger partial charge in [-0.3, -0.25) is 0 Å². The van der Waals surface area contributed by atoms with E-state index in [0.29, 0.717) is 0 Å². The minimum Gasteiger partial charge on any atom is -0.463 e. The molecule has 0 aliphatic rings. The summed E-state index contributed by atoms with van der Waals surface area (Å²) in [6.45, 7) is 11.7. The summed E-state index contributed by atoms with van der Waals surface area (Å²) in [6, 6.07) is 8.73. The van der Waals surface area contributed by atoms with Crippen LogP contribution in [0.25, 0.3) is 0 Å². The van der Waals surface area contributed by atoms with Crippen LogP contribution >= 0.6 is 0 Å². The zero-order chi connectivity index (χ0) is 14.8. The van der Waals surface area contributed by atoms with Crippen LogP contribution in [0.15, 0.2) is 73.2 Å². The van der Waals surface area contributed by atoms with Gasteiger partial charge in [-0.25, -0.2) is 0 Å². The molecule has 0 saturated heterocycles. The van der Waals surface area contributed by atoms with Crippen molar-refractivity contribution in [1.82, 2.24) is 0 Å². The monoisotopic (exact) mass is 268 g/mol. The van der Waals surface area contributed by atoms with Gasteiger partial charge in [-0.05, 0) is 43.0 Å². The van der Waals surface area contributed by atoms with E-state index in [2.05, 4.69) is 44.3 Å². The number of benzene rings is 1. The number of ether oxygens (including phenoxy) is 1. The van der Waals surface area contributed by atoms with Crippen molar-refractivity contribution < 1.29 is 4.74 Å². The van der Waals surface area contributed by atoms with Gasteiger partial charge in [-0.1, -0.05) is 56.5 Å². The molecule has 0 N–H and O–H groups in total. The first-order chi connectivity index (χ1) is 9.69. The van der Waals surface area contributed by atoms with Crippen molar-refractivity contribution in [3.8, 4) is 0 Å². The first kappa shape index (κ1) is 16.0. The summed E-state index contributed by atoms with van der Waals surface area (Å²) in [4.78, 5) is 0. The maximum Gasteiger partial charge on any atom is 0.122 e. The van der Waals surface area contributed by atoms with Crippen molar-refractivity contribution in [2.24, 2.45) is 0 Å². The average molecular weight is 268 g/mol. The Kier molecular flexibility index (Phi) is 7.20. The van der Waals surface area contributed by atoms with E-state index >= 15 is 0 Å². The Balaban J connectivity index is 2.46. The fourth-order valence-corrected chi connectivity index (χ4v) is 1.80. The smallest absolute Gasteiger partial charge is 0.122 e. The molecule has 0 aliphatic carbocycles. The number of hydrogen-bond acceptors (Lipinski definition) is 1. The first-order valence-corrected chi connectivity index (χ1v) is 7.08. The van der Waals surface area contributed by atoms with E-state index in [1.807, 2.05) is 25.2 Å². The highest BCUT2D eigenvalue weighted by Crippen LogP contribution is 2.14. The van der Waals surface area contributed by atoms with Crippen LogP contribution in [0, 0.1) is 0 Å². The Morgan fingerprint density at radius 2 is 1.85 bits per heavy atom. The fraction of sp³-hybridized carbons (Fsp3) is 0.263. The second kappa shape index (κ2) is 8.98. The minimum atomic E-state index is 0.784. The lowest BCUT2D eigenvalue weighted by atomic mass is 10.1. The molecule has 1 aromatic rings. The van der Waals surface area contributed by atoms with Gasteiger partial charge in [0.05, 0.1) is 5.76 Å². The minimum absolute atomic E-state index is 0.784. The van der Waals surface area contributed by atoms with Crippen molar-refractivity contribution in [3.05, 3.63) is 84.4 Å². The highest BCUT2D eigenvalue weighted by Gasteiger charge is 2.00. The second-order valence-electron chi connectivity index (χ2n) is 4.60. The summed E-state index contributed by atoms with van der Waals surface area (Å²) in [7, 11) is 0. The van der Waals surface area contributed by atoms with Crippen LogP contribution in [0.5, 0.6) is 0 Å². The quantitative estimate of drug-likeness (QED) is 0.455. The SMILES string of the molecule is C=CC=CC(=CC)OC(=C)CCc1ccc(CC)cc1. The normalized spacial score (nSPS) is 11.6. The molecule has 0 atom stereocenters. The second-order valence-corrected chi connectivity index (χ2v) is 4.60. The Hall–Kier alpha value is -2.02. The van der Waals surface area contributed by atoms with E-state index in [1.165, 1.54) is 11.1 Å². The van der Waals surface area contributed by atoms with Crippen LogP contribution in [0.4, 0.5) is 0 Å². The lowest BCUT2D eigenvalue weighted by Crippen LogP contribution is -1.94. The highest BCUT2D eigenvalue weighted by molar-refractivity contribution is 5.23. The Morgan fingerprint density at radius 1 is 1.20 bits per heavy atom. The first-order valence-electron chi connectivity index (χ1n) is 7.08. The molecule has 0 fully saturated rings. The molecular weight excluding hydrogens is 244 g/mol. The number of allylic oxidation sites excluding steroid dienone is 5. The van der Waals surface area contributed by atoms with Crippen molar-refractivity contribution in [2.45, 2.75) is 33.1 Å². The number of hydrogen-bond donors (Lipinski definition) is 0. The molecule has 0 amide bonds. The zero-order valence-electron chi connectivity index (χ0n) is 12.6. The highest BCUT2D eigenvalue weighted by atomic mass is 16.5. The molecule has 0 aliphatic heterocycles. The third kappa shape index (κ3) is 5.75. The van der Waals surface area contributed by atoms with Gasteiger partial charge in [0.25, 0.3) is 0 Å². The fourth-order valence-electron chi connectivity index (χ4n) is 1.80. The zero-order valence-corrected chi connectivity index (χ0v) is 12.6. The molecule has 1 rings (SSSR count). The van der Waals surface area contributed by atoms with Crippen LogP contribution in [-0.2, 0) is 17.6 Å². The Morgan fingerprint density at radius 3 is 2.40 bits per heavy atom. The van der Waals surface area contributed by atoms with E-state index in [0.717, 1.165) is 30.8 Å². The van der Waals surface area contributed by atoms with Gasteiger partial charge >= 0.3 is 0 Å². The van der Waals surface area contributed by atoms with E-state index in [9.17, 15) is 0 Å². The Labute approximate surface area is 123 Å². The van der Waals surface area contributed by atoms with Crippen molar-refractivity contribution in [2.75, 3.05) is 0 Å². The van der Waals surface area contributed by atoms with Crippen LogP contribution in [0.3, 0.4) is 0 Å². The predicted octanol–water partition coefficient (Wildman–Crippen LogP) is 5.36. The summed E-state index contributed by atoms with van der Waals surface area (Å²) < 4.78 is 5.70.